The third-order valence-corrected chi connectivity index (χ3v) is 7.50. The Morgan fingerprint density at radius 3 is 2.89 bits per heavy atom. The van der Waals surface area contributed by atoms with Gasteiger partial charge in [-0.3, -0.25) is 14.7 Å². The van der Waals surface area contributed by atoms with Crippen LogP contribution in [0.3, 0.4) is 0 Å². The molecule has 0 unspecified atom stereocenters. The Bertz CT molecular complexity index is 1450. The number of aliphatic carboxylic acids is 1. The molecule has 0 aliphatic carbocycles. The van der Waals surface area contributed by atoms with Crippen LogP contribution in [0.2, 0.25) is 5.02 Å². The van der Waals surface area contributed by atoms with Crippen molar-refractivity contribution in [2.75, 3.05) is 6.54 Å². The standard InChI is InChI=1S/C28H30ClN5O3/c1-4-20-15-34(16-24-26(37-20)6-5-11-30-24)14-19-12-18(7-9-23(19)29)22(13-27(35)36)21-8-10-25-28(17(21)2)31-32-33(25)3/h5-12,20,22H,4,13-16H2,1-3H3,(H,35,36)/t20-,22+/m1/s1. The molecule has 2 aromatic carbocycles. The van der Waals surface area contributed by atoms with E-state index in [9.17, 15) is 9.90 Å². The van der Waals surface area contributed by atoms with Gasteiger partial charge >= 0.3 is 5.97 Å². The molecule has 9 heteroatoms. The number of carboxylic acids is 1. The molecule has 0 radical (unpaired) electrons. The molecule has 0 spiro atoms. The summed E-state index contributed by atoms with van der Waals surface area (Å²) in [5, 5.41) is 18.9. The number of carboxylic acid groups (broad SMARTS) is 1. The second kappa shape index (κ2) is 10.5. The van der Waals surface area contributed by atoms with E-state index in [-0.39, 0.29) is 18.4 Å². The smallest absolute Gasteiger partial charge is 0.304 e. The van der Waals surface area contributed by atoms with Gasteiger partial charge < -0.3 is 9.84 Å². The molecule has 0 saturated carbocycles. The second-order valence-electron chi connectivity index (χ2n) is 9.63. The number of aryl methyl sites for hydroxylation is 2. The molecule has 2 aromatic heterocycles. The fraction of sp³-hybridized carbons (Fsp3) is 0.357. The summed E-state index contributed by atoms with van der Waals surface area (Å²) in [6.07, 6.45) is 2.67. The van der Waals surface area contributed by atoms with Crippen LogP contribution in [0.15, 0.2) is 48.7 Å². The highest BCUT2D eigenvalue weighted by atomic mass is 35.5. The summed E-state index contributed by atoms with van der Waals surface area (Å²) < 4.78 is 7.93. The van der Waals surface area contributed by atoms with Crippen LogP contribution in [0, 0.1) is 6.92 Å². The Labute approximate surface area is 220 Å². The Morgan fingerprint density at radius 1 is 1.27 bits per heavy atom. The van der Waals surface area contributed by atoms with Gasteiger partial charge in [0, 0.05) is 43.8 Å². The van der Waals surface area contributed by atoms with Crippen LogP contribution in [-0.2, 0) is 24.9 Å². The first kappa shape index (κ1) is 25.2. The minimum atomic E-state index is -0.863. The lowest BCUT2D eigenvalue weighted by molar-refractivity contribution is -0.137. The molecule has 1 aliphatic rings. The molecule has 37 heavy (non-hydrogen) atoms. The van der Waals surface area contributed by atoms with Crippen molar-refractivity contribution in [3.05, 3.63) is 81.6 Å². The number of halogens is 1. The first-order chi connectivity index (χ1) is 17.8. The second-order valence-corrected chi connectivity index (χ2v) is 10.0. The number of hydrogen-bond acceptors (Lipinski definition) is 6. The van der Waals surface area contributed by atoms with Gasteiger partial charge in [-0.05, 0) is 59.9 Å². The summed E-state index contributed by atoms with van der Waals surface area (Å²) in [4.78, 5) is 18.8. The van der Waals surface area contributed by atoms with Gasteiger partial charge in [0.1, 0.15) is 17.4 Å². The van der Waals surface area contributed by atoms with E-state index in [1.807, 2.05) is 56.4 Å². The van der Waals surface area contributed by atoms with Gasteiger partial charge in [-0.25, -0.2) is 4.68 Å². The van der Waals surface area contributed by atoms with E-state index in [0.717, 1.165) is 57.7 Å². The molecule has 1 aliphatic heterocycles. The highest BCUT2D eigenvalue weighted by molar-refractivity contribution is 6.31. The zero-order chi connectivity index (χ0) is 26.1. The van der Waals surface area contributed by atoms with E-state index in [0.29, 0.717) is 18.1 Å². The number of hydrogen-bond donors (Lipinski definition) is 1. The molecular weight excluding hydrogens is 490 g/mol. The number of ether oxygens (including phenoxy) is 1. The van der Waals surface area contributed by atoms with Crippen molar-refractivity contribution >= 4 is 28.6 Å². The summed E-state index contributed by atoms with van der Waals surface area (Å²) in [6, 6.07) is 13.6. The lowest BCUT2D eigenvalue weighted by atomic mass is 9.85. The van der Waals surface area contributed by atoms with Crippen molar-refractivity contribution in [2.24, 2.45) is 7.05 Å². The van der Waals surface area contributed by atoms with Crippen molar-refractivity contribution in [1.82, 2.24) is 24.9 Å². The molecule has 4 aromatic rings. The van der Waals surface area contributed by atoms with Gasteiger partial charge in [-0.15, -0.1) is 5.10 Å². The van der Waals surface area contributed by atoms with Gasteiger partial charge in [0.25, 0.3) is 0 Å². The highest BCUT2D eigenvalue weighted by Gasteiger charge is 2.25. The zero-order valence-electron chi connectivity index (χ0n) is 21.2. The van der Waals surface area contributed by atoms with Crippen LogP contribution >= 0.6 is 11.6 Å². The Hall–Kier alpha value is -3.49. The largest absolute Gasteiger partial charge is 0.487 e. The topological polar surface area (TPSA) is 93.4 Å². The fourth-order valence-corrected chi connectivity index (χ4v) is 5.32. The third-order valence-electron chi connectivity index (χ3n) is 7.13. The van der Waals surface area contributed by atoms with Crippen LogP contribution in [0.25, 0.3) is 11.0 Å². The molecule has 3 heterocycles. The molecule has 0 fully saturated rings. The molecule has 0 bridgehead atoms. The van der Waals surface area contributed by atoms with Crippen LogP contribution in [-0.4, -0.2) is 48.6 Å². The maximum absolute atomic E-state index is 11.9. The van der Waals surface area contributed by atoms with Crippen molar-refractivity contribution < 1.29 is 14.6 Å². The first-order valence-corrected chi connectivity index (χ1v) is 12.8. The number of benzene rings is 2. The Balaban J connectivity index is 1.50. The van der Waals surface area contributed by atoms with Gasteiger partial charge in [0.2, 0.25) is 0 Å². The number of rotatable bonds is 7. The summed E-state index contributed by atoms with van der Waals surface area (Å²) >= 11 is 6.68. The number of carbonyl (C=O) groups is 1. The molecule has 1 N–H and O–H groups in total. The molecule has 5 rings (SSSR count). The monoisotopic (exact) mass is 519 g/mol. The highest BCUT2D eigenvalue weighted by Crippen LogP contribution is 2.35. The van der Waals surface area contributed by atoms with E-state index in [2.05, 4.69) is 27.1 Å². The SMILES string of the molecule is CC[C@@H]1CN(Cc2cc([C@H](CC(=O)O)c3ccc4c(nnn4C)c3C)ccc2Cl)Cc2ncccc2O1. The number of pyridine rings is 1. The zero-order valence-corrected chi connectivity index (χ0v) is 21.9. The van der Waals surface area contributed by atoms with E-state index >= 15 is 0 Å². The summed E-state index contributed by atoms with van der Waals surface area (Å²) in [5.74, 6) is -0.385. The first-order valence-electron chi connectivity index (χ1n) is 12.5. The van der Waals surface area contributed by atoms with E-state index in [1.54, 1.807) is 10.9 Å². The molecule has 8 nitrogen and oxygen atoms in total. The van der Waals surface area contributed by atoms with Gasteiger partial charge in [-0.2, -0.15) is 0 Å². The quantitative estimate of drug-likeness (QED) is 0.363. The minimum absolute atomic E-state index is 0.0412. The molecule has 192 valence electrons. The predicted octanol–water partition coefficient (Wildman–Crippen LogP) is 5.10. The average molecular weight is 520 g/mol. The predicted molar refractivity (Wildman–Crippen MR) is 142 cm³/mol. The maximum Gasteiger partial charge on any atom is 0.304 e. The van der Waals surface area contributed by atoms with Crippen molar-refractivity contribution in [2.45, 2.75) is 51.8 Å². The lowest BCUT2D eigenvalue weighted by Gasteiger charge is -2.25. The normalized spacial score (nSPS) is 16.7. The lowest BCUT2D eigenvalue weighted by Crippen LogP contribution is -2.32. The van der Waals surface area contributed by atoms with Gasteiger partial charge in [0.15, 0.2) is 0 Å². The average Bonchev–Trinajstić information content (AvgIpc) is 3.16. The van der Waals surface area contributed by atoms with Crippen molar-refractivity contribution in [1.29, 1.82) is 0 Å². The summed E-state index contributed by atoms with van der Waals surface area (Å²) in [5.41, 5.74) is 6.32. The number of aromatic nitrogens is 4. The maximum atomic E-state index is 11.9. The van der Waals surface area contributed by atoms with Crippen LogP contribution in [0.5, 0.6) is 5.75 Å². The fourth-order valence-electron chi connectivity index (χ4n) is 5.15. The van der Waals surface area contributed by atoms with Crippen LogP contribution < -0.4 is 4.74 Å². The van der Waals surface area contributed by atoms with E-state index < -0.39 is 5.97 Å². The third kappa shape index (κ3) is 5.17. The van der Waals surface area contributed by atoms with Gasteiger partial charge in [-0.1, -0.05) is 41.9 Å². The van der Waals surface area contributed by atoms with Crippen molar-refractivity contribution in [3.63, 3.8) is 0 Å². The van der Waals surface area contributed by atoms with E-state index in [1.165, 1.54) is 0 Å². The van der Waals surface area contributed by atoms with Crippen LogP contribution in [0.4, 0.5) is 0 Å². The Kier molecular flexibility index (Phi) is 7.13. The minimum Gasteiger partial charge on any atom is -0.487 e. The summed E-state index contributed by atoms with van der Waals surface area (Å²) in [6.45, 7) is 6.09. The molecule has 0 amide bonds. The molecule has 0 saturated heterocycles. The number of fused-ring (bicyclic) bond motifs is 2. The van der Waals surface area contributed by atoms with Crippen LogP contribution in [0.1, 0.15) is 53.6 Å². The molecular formula is C28H30ClN5O3. The Morgan fingerprint density at radius 2 is 2.11 bits per heavy atom. The van der Waals surface area contributed by atoms with E-state index in [4.69, 9.17) is 16.3 Å². The molecule has 2 atom stereocenters. The van der Waals surface area contributed by atoms with Crippen molar-refractivity contribution in [3.8, 4) is 5.75 Å². The summed E-state index contributed by atoms with van der Waals surface area (Å²) in [7, 11) is 1.85. The number of nitrogens with zero attached hydrogens (tertiary/aromatic N) is 5. The van der Waals surface area contributed by atoms with Gasteiger partial charge in [0.05, 0.1) is 17.6 Å².